The Morgan fingerprint density at radius 3 is 2.76 bits per heavy atom. The van der Waals surface area contributed by atoms with Gasteiger partial charge in [-0.1, -0.05) is 19.8 Å². The molecule has 0 aliphatic rings. The van der Waals surface area contributed by atoms with Crippen LogP contribution in [0.4, 0.5) is 0 Å². The maximum absolute atomic E-state index is 5.29. The first kappa shape index (κ1) is 14.3. The maximum atomic E-state index is 5.29. The molecule has 1 aromatic rings. The zero-order valence-electron chi connectivity index (χ0n) is 11.5. The number of nitrogens with zero attached hydrogens (tertiary/aromatic N) is 1. The molecule has 3 heteroatoms. The predicted octanol–water partition coefficient (Wildman–Crippen LogP) is 2.80. The number of rotatable bonds is 9. The molecule has 17 heavy (non-hydrogen) atoms. The van der Waals surface area contributed by atoms with Gasteiger partial charge in [0.05, 0.1) is 6.26 Å². The van der Waals surface area contributed by atoms with Crippen LogP contribution in [0.2, 0.25) is 0 Å². The van der Waals surface area contributed by atoms with E-state index in [0.29, 0.717) is 0 Å². The smallest absolute Gasteiger partial charge is 0.105 e. The van der Waals surface area contributed by atoms with Crippen LogP contribution in [0.5, 0.6) is 0 Å². The van der Waals surface area contributed by atoms with Crippen LogP contribution in [0.3, 0.4) is 0 Å². The van der Waals surface area contributed by atoms with Crippen LogP contribution in [0.1, 0.15) is 37.5 Å². The Balaban J connectivity index is 2.05. The summed E-state index contributed by atoms with van der Waals surface area (Å²) in [4.78, 5) is 2.32. The number of furan rings is 1. The second kappa shape index (κ2) is 8.31. The van der Waals surface area contributed by atoms with Gasteiger partial charge in [0.1, 0.15) is 5.76 Å². The molecule has 0 amide bonds. The van der Waals surface area contributed by atoms with Gasteiger partial charge in [0.25, 0.3) is 0 Å². The number of hydrogen-bond acceptors (Lipinski definition) is 3. The molecule has 1 aromatic heterocycles. The quantitative estimate of drug-likeness (QED) is 0.671. The van der Waals surface area contributed by atoms with Crippen molar-refractivity contribution >= 4 is 0 Å². The van der Waals surface area contributed by atoms with E-state index in [0.717, 1.165) is 31.9 Å². The molecule has 0 bridgehead atoms. The van der Waals surface area contributed by atoms with Gasteiger partial charge >= 0.3 is 0 Å². The zero-order valence-corrected chi connectivity index (χ0v) is 11.5. The lowest BCUT2D eigenvalue weighted by Gasteiger charge is -2.16. The Hall–Kier alpha value is -0.800. The van der Waals surface area contributed by atoms with Crippen molar-refractivity contribution in [1.29, 1.82) is 0 Å². The predicted molar refractivity (Wildman–Crippen MR) is 72.2 cm³/mol. The highest BCUT2D eigenvalue weighted by atomic mass is 16.3. The summed E-state index contributed by atoms with van der Waals surface area (Å²) in [5, 5.41) is 3.48. The molecule has 0 fully saturated rings. The summed E-state index contributed by atoms with van der Waals surface area (Å²) in [6, 6.07) is 2.06. The topological polar surface area (TPSA) is 28.4 Å². The average molecular weight is 238 g/mol. The van der Waals surface area contributed by atoms with Crippen molar-refractivity contribution in [3.63, 3.8) is 0 Å². The molecule has 0 saturated heterocycles. The van der Waals surface area contributed by atoms with Gasteiger partial charge in [-0.05, 0) is 33.0 Å². The fourth-order valence-electron chi connectivity index (χ4n) is 1.84. The molecule has 0 aromatic carbocycles. The van der Waals surface area contributed by atoms with E-state index in [9.17, 15) is 0 Å². The monoisotopic (exact) mass is 238 g/mol. The molecular formula is C14H26N2O. The number of nitrogens with one attached hydrogen (secondary N) is 1. The summed E-state index contributed by atoms with van der Waals surface area (Å²) in [7, 11) is 2.15. The molecule has 1 rings (SSSR count). The van der Waals surface area contributed by atoms with E-state index in [1.54, 1.807) is 6.26 Å². The molecular weight excluding hydrogens is 212 g/mol. The van der Waals surface area contributed by atoms with Crippen molar-refractivity contribution in [3.8, 4) is 0 Å². The van der Waals surface area contributed by atoms with E-state index in [2.05, 4.69) is 30.3 Å². The van der Waals surface area contributed by atoms with Gasteiger partial charge in [-0.2, -0.15) is 0 Å². The summed E-state index contributed by atoms with van der Waals surface area (Å²) in [5.74, 6) is 1.03. The minimum atomic E-state index is 0.971. The fraction of sp³-hybridized carbons (Fsp3) is 0.714. The van der Waals surface area contributed by atoms with E-state index in [1.807, 2.05) is 6.92 Å². The minimum Gasteiger partial charge on any atom is -0.469 e. The lowest BCUT2D eigenvalue weighted by Crippen LogP contribution is -2.29. The molecule has 0 atom stereocenters. The van der Waals surface area contributed by atoms with Crippen LogP contribution in [0, 0.1) is 6.92 Å². The van der Waals surface area contributed by atoms with E-state index >= 15 is 0 Å². The molecule has 98 valence electrons. The van der Waals surface area contributed by atoms with Crippen molar-refractivity contribution in [2.24, 2.45) is 0 Å². The summed E-state index contributed by atoms with van der Waals surface area (Å²) in [6.45, 7) is 8.52. The summed E-state index contributed by atoms with van der Waals surface area (Å²) >= 11 is 0. The van der Waals surface area contributed by atoms with Crippen molar-refractivity contribution in [2.45, 2.75) is 39.7 Å². The molecule has 1 heterocycles. The van der Waals surface area contributed by atoms with Gasteiger partial charge in [-0.25, -0.2) is 0 Å². The van der Waals surface area contributed by atoms with Crippen LogP contribution >= 0.6 is 0 Å². The van der Waals surface area contributed by atoms with Gasteiger partial charge in [-0.3, -0.25) is 0 Å². The summed E-state index contributed by atoms with van der Waals surface area (Å²) in [5.41, 5.74) is 1.29. The lowest BCUT2D eigenvalue weighted by atomic mass is 10.2. The Morgan fingerprint density at radius 1 is 1.29 bits per heavy atom. The first-order valence-corrected chi connectivity index (χ1v) is 6.66. The zero-order chi connectivity index (χ0) is 12.5. The highest BCUT2D eigenvalue weighted by molar-refractivity contribution is 5.14. The van der Waals surface area contributed by atoms with E-state index in [-0.39, 0.29) is 0 Å². The lowest BCUT2D eigenvalue weighted by molar-refractivity contribution is 0.321. The maximum Gasteiger partial charge on any atom is 0.105 e. The molecule has 0 saturated carbocycles. The molecule has 0 aliphatic carbocycles. The fourth-order valence-corrected chi connectivity index (χ4v) is 1.84. The van der Waals surface area contributed by atoms with Crippen LogP contribution < -0.4 is 5.32 Å². The van der Waals surface area contributed by atoms with Crippen LogP contribution in [-0.2, 0) is 6.54 Å². The number of likely N-dealkylation sites (N-methyl/N-ethyl adjacent to an activating group) is 1. The SMILES string of the molecule is CCCCCNCCN(C)Cc1ccoc1C. The Morgan fingerprint density at radius 2 is 2.12 bits per heavy atom. The first-order chi connectivity index (χ1) is 8.24. The number of aryl methyl sites for hydroxylation is 1. The van der Waals surface area contributed by atoms with Crippen LogP contribution in [-0.4, -0.2) is 31.6 Å². The van der Waals surface area contributed by atoms with Gasteiger partial charge in [0.15, 0.2) is 0 Å². The van der Waals surface area contributed by atoms with Crippen molar-refractivity contribution in [3.05, 3.63) is 23.7 Å². The highest BCUT2D eigenvalue weighted by Crippen LogP contribution is 2.10. The number of unbranched alkanes of at least 4 members (excludes halogenated alkanes) is 2. The third-order valence-electron chi connectivity index (χ3n) is 3.03. The standard InChI is InChI=1S/C14H26N2O/c1-4-5-6-8-15-9-10-16(3)12-14-7-11-17-13(14)2/h7,11,15H,4-6,8-10,12H2,1-3H3. The Labute approximate surface area is 105 Å². The third kappa shape index (κ3) is 5.89. The Kier molecular flexibility index (Phi) is 6.97. The van der Waals surface area contributed by atoms with Gasteiger partial charge in [-0.15, -0.1) is 0 Å². The van der Waals surface area contributed by atoms with Crippen molar-refractivity contribution < 1.29 is 4.42 Å². The van der Waals surface area contributed by atoms with E-state index in [1.165, 1.54) is 24.8 Å². The van der Waals surface area contributed by atoms with E-state index in [4.69, 9.17) is 4.42 Å². The molecule has 3 nitrogen and oxygen atoms in total. The average Bonchev–Trinajstić information content (AvgIpc) is 2.69. The number of hydrogen-bond donors (Lipinski definition) is 1. The molecule has 0 spiro atoms. The molecule has 0 radical (unpaired) electrons. The molecule has 0 aliphatic heterocycles. The van der Waals surface area contributed by atoms with Gasteiger partial charge in [0, 0.05) is 25.2 Å². The summed E-state index contributed by atoms with van der Waals surface area (Å²) in [6.07, 6.45) is 5.68. The normalized spacial score (nSPS) is 11.3. The highest BCUT2D eigenvalue weighted by Gasteiger charge is 2.04. The van der Waals surface area contributed by atoms with Gasteiger partial charge in [0.2, 0.25) is 0 Å². The second-order valence-corrected chi connectivity index (χ2v) is 4.70. The van der Waals surface area contributed by atoms with Gasteiger partial charge < -0.3 is 14.6 Å². The molecule has 1 N–H and O–H groups in total. The second-order valence-electron chi connectivity index (χ2n) is 4.70. The van der Waals surface area contributed by atoms with Crippen molar-refractivity contribution in [1.82, 2.24) is 10.2 Å². The van der Waals surface area contributed by atoms with Crippen molar-refractivity contribution in [2.75, 3.05) is 26.7 Å². The van der Waals surface area contributed by atoms with Crippen LogP contribution in [0.15, 0.2) is 16.7 Å². The minimum absolute atomic E-state index is 0.971. The first-order valence-electron chi connectivity index (χ1n) is 6.66. The molecule has 0 unspecified atom stereocenters. The largest absolute Gasteiger partial charge is 0.469 e. The summed E-state index contributed by atoms with van der Waals surface area (Å²) < 4.78 is 5.29. The Bertz CT molecular complexity index is 296. The van der Waals surface area contributed by atoms with Crippen LogP contribution in [0.25, 0.3) is 0 Å². The van der Waals surface area contributed by atoms with E-state index < -0.39 is 0 Å². The third-order valence-corrected chi connectivity index (χ3v) is 3.03.